The van der Waals surface area contributed by atoms with Crippen LogP contribution in [0.4, 0.5) is 0 Å². The molecule has 2 aliphatic heterocycles. The van der Waals surface area contributed by atoms with Gasteiger partial charge in [0.2, 0.25) is 0 Å². The lowest BCUT2D eigenvalue weighted by Crippen LogP contribution is -2.63. The zero-order valence-electron chi connectivity index (χ0n) is 30.3. The van der Waals surface area contributed by atoms with Gasteiger partial charge < -0.3 is 47.7 Å². The Balaban J connectivity index is 1.48. The third-order valence-corrected chi connectivity index (χ3v) is 9.72. The van der Waals surface area contributed by atoms with Gasteiger partial charge in [0.1, 0.15) is 22.7 Å². The minimum atomic E-state index is -1.96. The van der Waals surface area contributed by atoms with E-state index in [1.807, 2.05) is 22.6 Å². The second-order valence-electron chi connectivity index (χ2n) is 12.5. The summed E-state index contributed by atoms with van der Waals surface area (Å²) in [5, 5.41) is 11.4. The molecule has 3 aromatic rings. The molecule has 0 unspecified atom stereocenters. The van der Waals surface area contributed by atoms with Crippen molar-refractivity contribution < 1.29 is 76.5 Å². The summed E-state index contributed by atoms with van der Waals surface area (Å²) in [6.07, 6.45) is -13.3. The van der Waals surface area contributed by atoms with Crippen LogP contribution in [0, 0.1) is 0 Å². The van der Waals surface area contributed by atoms with E-state index >= 15 is 0 Å². The molecule has 0 spiro atoms. The lowest BCUT2D eigenvalue weighted by Gasteiger charge is -2.45. The van der Waals surface area contributed by atoms with E-state index in [9.17, 15) is 33.9 Å². The van der Waals surface area contributed by atoms with Crippen LogP contribution in [0.5, 0.6) is 0 Å². The molecule has 17 heteroatoms. The van der Waals surface area contributed by atoms with Crippen molar-refractivity contribution in [1.82, 2.24) is 0 Å². The molecule has 16 nitrogen and oxygen atoms in total. The Morgan fingerprint density at radius 1 is 0.536 bits per heavy atom. The largest absolute Gasteiger partial charge is 0.463 e. The van der Waals surface area contributed by atoms with Crippen LogP contribution in [-0.2, 0) is 57.0 Å². The maximum Gasteiger partial charge on any atom is 0.338 e. The summed E-state index contributed by atoms with van der Waals surface area (Å²) in [6.45, 7) is 2.50. The number of hydrogen-bond acceptors (Lipinski definition) is 16. The van der Waals surface area contributed by atoms with Gasteiger partial charge in [-0.15, -0.1) is 0 Å². The SMILES string of the molecule is CC(=O)OC[C@H]1O[C@H](OC[C@H]2O[C@H](O)[C@H](OC(=O)c3ccccc3)[C@@H](OC(=O)c3ccccc3)[C@@H]2OC(=O)c2ccccc2)[C@@H](I)[C@@H](OC(C)=O)[C@@H]1OC(C)=O. The van der Waals surface area contributed by atoms with Crippen molar-refractivity contribution >= 4 is 58.4 Å². The number of benzene rings is 3. The highest BCUT2D eigenvalue weighted by molar-refractivity contribution is 14.1. The van der Waals surface area contributed by atoms with Crippen LogP contribution >= 0.6 is 22.6 Å². The van der Waals surface area contributed by atoms with Gasteiger partial charge in [0.05, 0.1) is 23.3 Å². The molecule has 0 bridgehead atoms. The molecule has 2 aliphatic rings. The second-order valence-corrected chi connectivity index (χ2v) is 14.0. The second kappa shape index (κ2) is 19.8. The average molecular weight is 891 g/mol. The van der Waals surface area contributed by atoms with Crippen LogP contribution in [0.25, 0.3) is 0 Å². The smallest absolute Gasteiger partial charge is 0.338 e. The first-order valence-electron chi connectivity index (χ1n) is 17.3. The number of ether oxygens (including phenoxy) is 9. The molecule has 3 aromatic carbocycles. The van der Waals surface area contributed by atoms with Crippen LogP contribution in [0.1, 0.15) is 51.8 Å². The first kappa shape index (κ1) is 42.2. The van der Waals surface area contributed by atoms with Crippen molar-refractivity contribution in [3.05, 3.63) is 108 Å². The molecule has 298 valence electrons. The predicted molar refractivity (Wildman–Crippen MR) is 198 cm³/mol. The standard InChI is InChI=1S/C39H39IO16/c1-21(41)48-19-28-30(50-22(2)42)32(51-23(3)43)29(40)39(53-28)49-20-27-31(54-35(44)24-13-7-4-8-14-24)33(55-36(45)25-15-9-5-10-16-25)34(38(47)52-27)56-37(46)26-17-11-6-12-18-26/h4-18,27-34,38-39,47H,19-20H2,1-3H3/t27-,28-,29+,30-,31-,32-,33+,34-,38+,39+/m1/s1. The number of alkyl halides is 1. The molecule has 10 atom stereocenters. The summed E-state index contributed by atoms with van der Waals surface area (Å²) in [5.41, 5.74) is 0.321. The molecule has 2 fully saturated rings. The fraction of sp³-hybridized carbons (Fsp3) is 0.385. The van der Waals surface area contributed by atoms with E-state index in [2.05, 4.69) is 0 Å². The van der Waals surface area contributed by atoms with Gasteiger partial charge >= 0.3 is 35.8 Å². The van der Waals surface area contributed by atoms with Crippen molar-refractivity contribution in [2.45, 2.75) is 80.0 Å². The Bertz CT molecular complexity index is 1830. The van der Waals surface area contributed by atoms with E-state index in [1.165, 1.54) is 36.4 Å². The summed E-state index contributed by atoms with van der Waals surface area (Å²) >= 11 is 1.88. The van der Waals surface area contributed by atoms with E-state index in [0.717, 1.165) is 20.8 Å². The number of carbonyl (C=O) groups excluding carboxylic acids is 6. The fourth-order valence-corrected chi connectivity index (χ4v) is 6.85. The lowest BCUT2D eigenvalue weighted by molar-refractivity contribution is -0.304. The van der Waals surface area contributed by atoms with E-state index in [1.54, 1.807) is 54.6 Å². The molecule has 0 saturated carbocycles. The van der Waals surface area contributed by atoms with Crippen molar-refractivity contribution in [2.75, 3.05) is 13.2 Å². The van der Waals surface area contributed by atoms with Gasteiger partial charge in [-0.3, -0.25) is 14.4 Å². The Morgan fingerprint density at radius 3 is 1.41 bits per heavy atom. The van der Waals surface area contributed by atoms with Crippen LogP contribution in [0.15, 0.2) is 91.0 Å². The Labute approximate surface area is 334 Å². The molecule has 2 saturated heterocycles. The van der Waals surface area contributed by atoms with Crippen LogP contribution in [0.2, 0.25) is 0 Å². The Morgan fingerprint density at radius 2 is 0.946 bits per heavy atom. The third-order valence-electron chi connectivity index (χ3n) is 8.42. The summed E-state index contributed by atoms with van der Waals surface area (Å²) in [5.74, 6) is -4.79. The Kier molecular flexibility index (Phi) is 14.9. The minimum absolute atomic E-state index is 0.101. The number of carbonyl (C=O) groups is 6. The summed E-state index contributed by atoms with van der Waals surface area (Å²) in [4.78, 5) is 76.5. The summed E-state index contributed by atoms with van der Waals surface area (Å²) in [7, 11) is 0. The molecule has 5 rings (SSSR count). The van der Waals surface area contributed by atoms with Crippen molar-refractivity contribution in [1.29, 1.82) is 0 Å². The van der Waals surface area contributed by atoms with Crippen LogP contribution < -0.4 is 0 Å². The van der Waals surface area contributed by atoms with Gasteiger partial charge in [0.25, 0.3) is 0 Å². The van der Waals surface area contributed by atoms with Gasteiger partial charge in [-0.2, -0.15) is 0 Å². The fourth-order valence-electron chi connectivity index (χ4n) is 5.91. The highest BCUT2D eigenvalue weighted by atomic mass is 127. The maximum absolute atomic E-state index is 13.6. The molecule has 56 heavy (non-hydrogen) atoms. The molecule has 2 heterocycles. The molecular weight excluding hydrogens is 851 g/mol. The van der Waals surface area contributed by atoms with Gasteiger partial charge in [-0.05, 0) is 36.4 Å². The number of aliphatic hydroxyl groups is 1. The van der Waals surface area contributed by atoms with Crippen LogP contribution in [-0.4, -0.2) is 113 Å². The third kappa shape index (κ3) is 11.1. The summed E-state index contributed by atoms with van der Waals surface area (Å²) < 4.78 is 50.9. The summed E-state index contributed by atoms with van der Waals surface area (Å²) in [6, 6.07) is 23.5. The molecule has 0 radical (unpaired) electrons. The monoisotopic (exact) mass is 890 g/mol. The average Bonchev–Trinajstić information content (AvgIpc) is 3.18. The number of rotatable bonds is 13. The quantitative estimate of drug-likeness (QED) is 0.113. The highest BCUT2D eigenvalue weighted by Gasteiger charge is 2.54. The van der Waals surface area contributed by atoms with E-state index in [0.29, 0.717) is 0 Å². The Hall–Kier alpha value is -4.95. The van der Waals surface area contributed by atoms with E-state index in [4.69, 9.17) is 42.6 Å². The number of esters is 6. The van der Waals surface area contributed by atoms with Gasteiger partial charge in [-0.25, -0.2) is 14.4 Å². The zero-order valence-corrected chi connectivity index (χ0v) is 32.5. The number of aliphatic hydroxyl groups excluding tert-OH is 1. The van der Waals surface area contributed by atoms with Gasteiger partial charge in [0.15, 0.2) is 43.1 Å². The van der Waals surface area contributed by atoms with E-state index < -0.39 is 108 Å². The molecule has 0 amide bonds. The first-order chi connectivity index (χ1) is 26.8. The topological polar surface area (TPSA) is 206 Å². The number of halogens is 1. The molecule has 1 N–H and O–H groups in total. The molecule has 0 aliphatic carbocycles. The maximum atomic E-state index is 13.6. The first-order valence-corrected chi connectivity index (χ1v) is 18.6. The molecular formula is C39H39IO16. The predicted octanol–water partition coefficient (Wildman–Crippen LogP) is 3.35. The molecule has 0 aromatic heterocycles. The number of hydrogen-bond donors (Lipinski definition) is 1. The van der Waals surface area contributed by atoms with Crippen molar-refractivity contribution in [3.8, 4) is 0 Å². The van der Waals surface area contributed by atoms with E-state index in [-0.39, 0.29) is 16.7 Å². The zero-order chi connectivity index (χ0) is 40.4. The highest BCUT2D eigenvalue weighted by Crippen LogP contribution is 2.34. The van der Waals surface area contributed by atoms with Gasteiger partial charge in [0, 0.05) is 20.8 Å². The van der Waals surface area contributed by atoms with Crippen molar-refractivity contribution in [2.24, 2.45) is 0 Å². The minimum Gasteiger partial charge on any atom is -0.463 e. The van der Waals surface area contributed by atoms with Crippen molar-refractivity contribution in [3.63, 3.8) is 0 Å². The normalized spacial score (nSPS) is 27.2. The van der Waals surface area contributed by atoms with Crippen LogP contribution in [0.3, 0.4) is 0 Å². The lowest BCUT2D eigenvalue weighted by atomic mass is 9.97. The van der Waals surface area contributed by atoms with Gasteiger partial charge in [-0.1, -0.05) is 77.2 Å².